The zero-order valence-corrected chi connectivity index (χ0v) is 7.47. The average molecular weight is 186 g/mol. The summed E-state index contributed by atoms with van der Waals surface area (Å²) in [7, 11) is 0. The van der Waals surface area contributed by atoms with Gasteiger partial charge < -0.3 is 10.8 Å². The molecule has 0 saturated carbocycles. The van der Waals surface area contributed by atoms with Crippen molar-refractivity contribution in [3.63, 3.8) is 0 Å². The van der Waals surface area contributed by atoms with Gasteiger partial charge in [-0.15, -0.1) is 11.3 Å². The molecule has 0 bridgehead atoms. The lowest BCUT2D eigenvalue weighted by molar-refractivity contribution is -0.137. The van der Waals surface area contributed by atoms with Gasteiger partial charge in [-0.1, -0.05) is 0 Å². The molecule has 1 aromatic rings. The van der Waals surface area contributed by atoms with E-state index in [0.717, 1.165) is 5.69 Å². The van der Waals surface area contributed by atoms with E-state index in [2.05, 4.69) is 4.98 Å². The molecule has 0 aliphatic heterocycles. The number of rotatable bonds is 3. The Labute approximate surface area is 74.0 Å². The summed E-state index contributed by atoms with van der Waals surface area (Å²) in [4.78, 5) is 14.4. The van der Waals surface area contributed by atoms with Gasteiger partial charge in [0.05, 0.1) is 12.5 Å². The lowest BCUT2D eigenvalue weighted by atomic mass is 10.2. The number of thiazole rings is 1. The number of aromatic nitrogens is 1. The van der Waals surface area contributed by atoms with Crippen molar-refractivity contribution in [2.75, 3.05) is 0 Å². The van der Waals surface area contributed by atoms with E-state index in [4.69, 9.17) is 10.8 Å². The first kappa shape index (κ1) is 9.15. The molecule has 0 aliphatic rings. The van der Waals surface area contributed by atoms with Crippen molar-refractivity contribution in [3.8, 4) is 0 Å². The van der Waals surface area contributed by atoms with Crippen molar-refractivity contribution in [1.82, 2.24) is 4.98 Å². The smallest absolute Gasteiger partial charge is 0.305 e. The van der Waals surface area contributed by atoms with E-state index >= 15 is 0 Å². The summed E-state index contributed by atoms with van der Waals surface area (Å²) in [6, 6.07) is -0.471. The van der Waals surface area contributed by atoms with Crippen LogP contribution in [0.3, 0.4) is 0 Å². The summed E-state index contributed by atoms with van der Waals surface area (Å²) >= 11 is 1.40. The van der Waals surface area contributed by atoms with E-state index in [-0.39, 0.29) is 6.42 Å². The first-order valence-corrected chi connectivity index (χ1v) is 4.37. The van der Waals surface area contributed by atoms with E-state index in [1.54, 1.807) is 0 Å². The van der Waals surface area contributed by atoms with Gasteiger partial charge in [0.1, 0.15) is 5.01 Å². The van der Waals surface area contributed by atoms with E-state index in [1.807, 2.05) is 12.3 Å². The van der Waals surface area contributed by atoms with Gasteiger partial charge in [-0.25, -0.2) is 4.98 Å². The van der Waals surface area contributed by atoms with Crippen LogP contribution in [0.15, 0.2) is 5.38 Å². The topological polar surface area (TPSA) is 76.2 Å². The summed E-state index contributed by atoms with van der Waals surface area (Å²) in [6.07, 6.45) is -0.0625. The summed E-state index contributed by atoms with van der Waals surface area (Å²) in [5, 5.41) is 11.0. The van der Waals surface area contributed by atoms with Crippen LogP contribution in [-0.2, 0) is 4.79 Å². The average Bonchev–Trinajstić information content (AvgIpc) is 2.34. The van der Waals surface area contributed by atoms with Crippen LogP contribution in [0.2, 0.25) is 0 Å². The highest BCUT2D eigenvalue weighted by Gasteiger charge is 2.13. The monoisotopic (exact) mass is 186 g/mol. The molecule has 0 aromatic carbocycles. The molecule has 1 heterocycles. The zero-order valence-electron chi connectivity index (χ0n) is 6.65. The highest BCUT2D eigenvalue weighted by Crippen LogP contribution is 2.18. The van der Waals surface area contributed by atoms with Crippen LogP contribution in [0.1, 0.15) is 23.2 Å². The van der Waals surface area contributed by atoms with Gasteiger partial charge in [0.15, 0.2) is 0 Å². The van der Waals surface area contributed by atoms with Crippen LogP contribution in [0.5, 0.6) is 0 Å². The number of aryl methyl sites for hydroxylation is 1. The molecule has 0 spiro atoms. The third-order valence-corrected chi connectivity index (χ3v) is 2.44. The SMILES string of the molecule is Cc1csc([C@H](N)CC(=O)O)n1. The molecule has 0 radical (unpaired) electrons. The van der Waals surface area contributed by atoms with Crippen molar-refractivity contribution < 1.29 is 9.90 Å². The quantitative estimate of drug-likeness (QED) is 0.736. The molecular formula is C7H10N2O2S. The summed E-state index contributed by atoms with van der Waals surface area (Å²) < 4.78 is 0. The Bertz CT molecular complexity index is 285. The van der Waals surface area contributed by atoms with Crippen molar-refractivity contribution in [2.24, 2.45) is 5.73 Å². The number of carbonyl (C=O) groups is 1. The second kappa shape index (κ2) is 3.64. The molecule has 0 unspecified atom stereocenters. The highest BCUT2D eigenvalue weighted by molar-refractivity contribution is 7.09. The Morgan fingerprint density at radius 2 is 2.58 bits per heavy atom. The van der Waals surface area contributed by atoms with Gasteiger partial charge in [0.25, 0.3) is 0 Å². The van der Waals surface area contributed by atoms with E-state index in [9.17, 15) is 4.79 Å². The Hall–Kier alpha value is -0.940. The lowest BCUT2D eigenvalue weighted by Gasteiger charge is -2.02. The van der Waals surface area contributed by atoms with Crippen LogP contribution in [0.4, 0.5) is 0 Å². The van der Waals surface area contributed by atoms with Crippen molar-refractivity contribution in [1.29, 1.82) is 0 Å². The summed E-state index contributed by atoms with van der Waals surface area (Å²) in [5.74, 6) is -0.893. The molecule has 12 heavy (non-hydrogen) atoms. The van der Waals surface area contributed by atoms with Crippen LogP contribution < -0.4 is 5.73 Å². The van der Waals surface area contributed by atoms with Crippen molar-refractivity contribution >= 4 is 17.3 Å². The summed E-state index contributed by atoms with van der Waals surface area (Å²) in [6.45, 7) is 1.85. The Balaban J connectivity index is 2.64. The molecule has 1 atom stereocenters. The third kappa shape index (κ3) is 2.28. The van der Waals surface area contributed by atoms with Crippen LogP contribution in [0.25, 0.3) is 0 Å². The van der Waals surface area contributed by atoms with Gasteiger partial charge in [-0.2, -0.15) is 0 Å². The molecule has 1 aromatic heterocycles. The number of hydrogen-bond acceptors (Lipinski definition) is 4. The number of hydrogen-bond donors (Lipinski definition) is 2. The fourth-order valence-electron chi connectivity index (χ4n) is 0.818. The van der Waals surface area contributed by atoms with E-state index in [0.29, 0.717) is 5.01 Å². The summed E-state index contributed by atoms with van der Waals surface area (Å²) in [5.41, 5.74) is 6.46. The van der Waals surface area contributed by atoms with Gasteiger partial charge in [-0.05, 0) is 6.92 Å². The minimum absolute atomic E-state index is 0.0625. The fourth-order valence-corrected chi connectivity index (χ4v) is 1.62. The number of carboxylic acid groups (broad SMARTS) is 1. The molecule has 0 fully saturated rings. The third-order valence-electron chi connectivity index (χ3n) is 1.35. The number of aliphatic carboxylic acids is 1. The largest absolute Gasteiger partial charge is 0.481 e. The second-order valence-electron chi connectivity index (χ2n) is 2.53. The second-order valence-corrected chi connectivity index (χ2v) is 3.42. The van der Waals surface area contributed by atoms with Crippen LogP contribution >= 0.6 is 11.3 Å². The first-order valence-electron chi connectivity index (χ1n) is 3.49. The maximum absolute atomic E-state index is 10.3. The van der Waals surface area contributed by atoms with Gasteiger partial charge in [-0.3, -0.25) is 4.79 Å². The number of nitrogens with two attached hydrogens (primary N) is 1. The van der Waals surface area contributed by atoms with Crippen molar-refractivity contribution in [3.05, 3.63) is 16.1 Å². The van der Waals surface area contributed by atoms with Gasteiger partial charge in [0, 0.05) is 11.1 Å². The lowest BCUT2D eigenvalue weighted by Crippen LogP contribution is -2.14. The molecule has 5 heteroatoms. The molecule has 1 rings (SSSR count). The van der Waals surface area contributed by atoms with Crippen LogP contribution in [0, 0.1) is 6.92 Å². The Morgan fingerprint density at radius 1 is 1.92 bits per heavy atom. The number of nitrogens with zero attached hydrogens (tertiary/aromatic N) is 1. The predicted molar refractivity (Wildman–Crippen MR) is 46.0 cm³/mol. The van der Waals surface area contributed by atoms with Crippen molar-refractivity contribution in [2.45, 2.75) is 19.4 Å². The molecule has 0 saturated heterocycles. The Kier molecular flexibility index (Phi) is 2.78. The molecule has 0 aliphatic carbocycles. The molecular weight excluding hydrogens is 176 g/mol. The van der Waals surface area contributed by atoms with Gasteiger partial charge in [0.2, 0.25) is 0 Å². The maximum Gasteiger partial charge on any atom is 0.305 e. The molecule has 0 amide bonds. The zero-order chi connectivity index (χ0) is 9.14. The standard InChI is InChI=1S/C7H10N2O2S/c1-4-3-12-7(9-4)5(8)2-6(10)11/h3,5H,2,8H2,1H3,(H,10,11)/t5-/m1/s1. The van der Waals surface area contributed by atoms with E-state index in [1.165, 1.54) is 11.3 Å². The highest BCUT2D eigenvalue weighted by atomic mass is 32.1. The molecule has 3 N–H and O–H groups in total. The number of carboxylic acids is 1. The predicted octanol–water partition coefficient (Wildman–Crippen LogP) is 0.926. The van der Waals surface area contributed by atoms with E-state index < -0.39 is 12.0 Å². The molecule has 66 valence electrons. The minimum Gasteiger partial charge on any atom is -0.481 e. The molecule has 4 nitrogen and oxygen atoms in total. The Morgan fingerprint density at radius 3 is 3.00 bits per heavy atom. The minimum atomic E-state index is -0.893. The fraction of sp³-hybridized carbons (Fsp3) is 0.429. The normalized spacial score (nSPS) is 12.8. The maximum atomic E-state index is 10.3. The first-order chi connectivity index (χ1) is 5.59. The van der Waals surface area contributed by atoms with Gasteiger partial charge >= 0.3 is 5.97 Å². The van der Waals surface area contributed by atoms with Crippen LogP contribution in [-0.4, -0.2) is 16.1 Å².